The Morgan fingerprint density at radius 2 is 1.79 bits per heavy atom. The molecule has 0 spiro atoms. The fraction of sp³-hybridized carbons (Fsp3) is 0.308. The third kappa shape index (κ3) is 4.07. The maximum absolute atomic E-state index is 13.1. The number of aryl methyl sites for hydroxylation is 2. The number of aromatic nitrogens is 4. The quantitative estimate of drug-likeness (QED) is 0.472. The van der Waals surface area contributed by atoms with Crippen LogP contribution in [0, 0.1) is 13.8 Å². The molecule has 0 radical (unpaired) electrons. The lowest BCUT2D eigenvalue weighted by Crippen LogP contribution is -2.54. The first-order valence-corrected chi connectivity index (χ1v) is 11.5. The zero-order valence-corrected chi connectivity index (χ0v) is 19.7. The number of carbonyl (C=O) groups excluding carboxylic acids is 1. The Balaban J connectivity index is 1.35. The minimum absolute atomic E-state index is 0.0841. The van der Waals surface area contributed by atoms with Crippen LogP contribution in [-0.2, 0) is 11.3 Å². The van der Waals surface area contributed by atoms with Gasteiger partial charge >= 0.3 is 0 Å². The van der Waals surface area contributed by atoms with Crippen LogP contribution < -0.4 is 10.5 Å². The van der Waals surface area contributed by atoms with E-state index in [1.807, 2.05) is 35.2 Å². The van der Waals surface area contributed by atoms with Gasteiger partial charge in [0.05, 0.1) is 5.69 Å². The molecule has 1 amide bonds. The molecule has 1 fully saturated rings. The van der Waals surface area contributed by atoms with Crippen LogP contribution in [0.5, 0.6) is 0 Å². The van der Waals surface area contributed by atoms with Crippen LogP contribution in [0.4, 0.5) is 5.69 Å². The summed E-state index contributed by atoms with van der Waals surface area (Å²) in [5.74, 6) is 0.458. The van der Waals surface area contributed by atoms with Gasteiger partial charge in [-0.2, -0.15) is 10.2 Å². The Morgan fingerprint density at radius 1 is 1.00 bits per heavy atom. The molecule has 2 aromatic heterocycles. The van der Waals surface area contributed by atoms with Crippen molar-refractivity contribution in [1.29, 1.82) is 0 Å². The number of fused-ring (bicyclic) bond motifs is 1. The van der Waals surface area contributed by atoms with Crippen molar-refractivity contribution < 1.29 is 4.79 Å². The minimum atomic E-state index is -0.319. The van der Waals surface area contributed by atoms with Crippen LogP contribution in [0.15, 0.2) is 65.5 Å². The van der Waals surface area contributed by atoms with E-state index in [4.69, 9.17) is 0 Å². The lowest BCUT2D eigenvalue weighted by Gasteiger charge is -2.41. The van der Waals surface area contributed by atoms with Gasteiger partial charge in [0.25, 0.3) is 5.56 Å². The van der Waals surface area contributed by atoms with Crippen LogP contribution in [0.1, 0.15) is 18.3 Å². The average Bonchev–Trinajstić information content (AvgIpc) is 3.29. The van der Waals surface area contributed by atoms with Gasteiger partial charge < -0.3 is 9.80 Å². The van der Waals surface area contributed by atoms with Crippen LogP contribution in [0.2, 0.25) is 0 Å². The summed E-state index contributed by atoms with van der Waals surface area (Å²) in [6, 6.07) is 20.1. The van der Waals surface area contributed by atoms with E-state index >= 15 is 0 Å². The van der Waals surface area contributed by atoms with Crippen LogP contribution in [0.3, 0.4) is 0 Å². The van der Waals surface area contributed by atoms with Crippen LogP contribution in [-0.4, -0.2) is 55.9 Å². The van der Waals surface area contributed by atoms with Gasteiger partial charge in [-0.25, -0.2) is 9.20 Å². The number of nitrogens with zero attached hydrogens (tertiary/aromatic N) is 6. The van der Waals surface area contributed by atoms with Gasteiger partial charge in [0.1, 0.15) is 17.9 Å². The van der Waals surface area contributed by atoms with Gasteiger partial charge in [-0.15, -0.1) is 0 Å². The lowest BCUT2D eigenvalue weighted by molar-refractivity contribution is -0.132. The standard InChI is InChI=1S/C26H28N6O2/c1-18-8-7-11-22(14-18)30-13-12-29(16-19(30)2)25(33)17-31-26(34)24-15-23(21-9-5-4-6-10-21)28-32(24)20(3)27-31/h4-11,14-15,19H,12-13,16-17H2,1-3H3/t19-/m1/s1. The summed E-state index contributed by atoms with van der Waals surface area (Å²) in [4.78, 5) is 30.4. The number of amides is 1. The highest BCUT2D eigenvalue weighted by atomic mass is 16.2. The van der Waals surface area contributed by atoms with Crippen molar-refractivity contribution in [2.45, 2.75) is 33.4 Å². The van der Waals surface area contributed by atoms with Crippen molar-refractivity contribution in [3.63, 3.8) is 0 Å². The third-order valence-corrected chi connectivity index (χ3v) is 6.40. The molecule has 5 rings (SSSR count). The molecule has 3 heterocycles. The van der Waals surface area contributed by atoms with Crippen LogP contribution in [0.25, 0.3) is 16.8 Å². The molecule has 0 bridgehead atoms. The van der Waals surface area contributed by atoms with E-state index in [1.54, 1.807) is 17.5 Å². The molecule has 1 aliphatic heterocycles. The number of hydrogen-bond acceptors (Lipinski definition) is 5. The average molecular weight is 457 g/mol. The monoisotopic (exact) mass is 456 g/mol. The summed E-state index contributed by atoms with van der Waals surface area (Å²) in [5, 5.41) is 8.93. The van der Waals surface area contributed by atoms with E-state index in [2.05, 4.69) is 53.2 Å². The zero-order chi connectivity index (χ0) is 23.8. The zero-order valence-electron chi connectivity index (χ0n) is 19.7. The largest absolute Gasteiger partial charge is 0.365 e. The summed E-state index contributed by atoms with van der Waals surface area (Å²) in [6.07, 6.45) is 0. The van der Waals surface area contributed by atoms with Gasteiger partial charge in [0, 0.05) is 36.9 Å². The smallest absolute Gasteiger partial charge is 0.293 e. The molecule has 1 atom stereocenters. The highest BCUT2D eigenvalue weighted by molar-refractivity contribution is 5.76. The first kappa shape index (κ1) is 21.9. The fourth-order valence-electron chi connectivity index (χ4n) is 4.63. The van der Waals surface area contributed by atoms with E-state index in [1.165, 1.54) is 15.9 Å². The second kappa shape index (κ2) is 8.78. The van der Waals surface area contributed by atoms with E-state index in [0.717, 1.165) is 12.1 Å². The van der Waals surface area contributed by atoms with E-state index < -0.39 is 0 Å². The number of hydrogen-bond donors (Lipinski definition) is 0. The Hall–Kier alpha value is -3.94. The molecule has 8 heteroatoms. The maximum atomic E-state index is 13.1. The second-order valence-corrected chi connectivity index (χ2v) is 8.92. The number of benzene rings is 2. The number of carbonyl (C=O) groups is 1. The first-order chi connectivity index (χ1) is 16.4. The number of piperazine rings is 1. The number of anilines is 1. The molecular formula is C26H28N6O2. The third-order valence-electron chi connectivity index (χ3n) is 6.40. The Bertz CT molecular complexity index is 1410. The topological polar surface area (TPSA) is 75.7 Å². The minimum Gasteiger partial charge on any atom is -0.365 e. The van der Waals surface area contributed by atoms with Gasteiger partial charge in [0.15, 0.2) is 0 Å². The Labute approximate surface area is 198 Å². The molecule has 1 saturated heterocycles. The maximum Gasteiger partial charge on any atom is 0.293 e. The van der Waals surface area contributed by atoms with E-state index in [9.17, 15) is 9.59 Å². The summed E-state index contributed by atoms with van der Waals surface area (Å²) in [6.45, 7) is 7.88. The molecule has 8 nitrogen and oxygen atoms in total. The van der Waals surface area contributed by atoms with Crippen molar-refractivity contribution in [3.05, 3.63) is 82.4 Å². The highest BCUT2D eigenvalue weighted by Gasteiger charge is 2.27. The normalized spacial score (nSPS) is 16.3. The van der Waals surface area contributed by atoms with E-state index in [0.29, 0.717) is 30.1 Å². The lowest BCUT2D eigenvalue weighted by atomic mass is 10.1. The molecule has 174 valence electrons. The summed E-state index contributed by atoms with van der Waals surface area (Å²) in [5.41, 5.74) is 4.11. The van der Waals surface area contributed by atoms with Gasteiger partial charge in [-0.3, -0.25) is 9.59 Å². The van der Waals surface area contributed by atoms with Crippen molar-refractivity contribution in [1.82, 2.24) is 24.3 Å². The fourth-order valence-corrected chi connectivity index (χ4v) is 4.63. The Morgan fingerprint density at radius 3 is 2.53 bits per heavy atom. The predicted octanol–water partition coefficient (Wildman–Crippen LogP) is 2.91. The molecule has 4 aromatic rings. The molecule has 0 aliphatic carbocycles. The van der Waals surface area contributed by atoms with Gasteiger partial charge in [0.2, 0.25) is 5.91 Å². The molecule has 0 unspecified atom stereocenters. The molecule has 0 saturated carbocycles. The van der Waals surface area contributed by atoms with Gasteiger partial charge in [-0.05, 0) is 44.5 Å². The molecule has 34 heavy (non-hydrogen) atoms. The Kier molecular flexibility index (Phi) is 5.65. The molecule has 0 N–H and O–H groups in total. The summed E-state index contributed by atoms with van der Waals surface area (Å²) >= 11 is 0. The van der Waals surface area contributed by atoms with Crippen molar-refractivity contribution in [3.8, 4) is 11.3 Å². The predicted molar refractivity (Wildman–Crippen MR) is 132 cm³/mol. The van der Waals surface area contributed by atoms with Crippen molar-refractivity contribution in [2.75, 3.05) is 24.5 Å². The van der Waals surface area contributed by atoms with Crippen molar-refractivity contribution >= 4 is 17.1 Å². The summed E-state index contributed by atoms with van der Waals surface area (Å²) < 4.78 is 2.81. The van der Waals surface area contributed by atoms with Crippen LogP contribution >= 0.6 is 0 Å². The SMILES string of the molecule is Cc1cccc(N2CCN(C(=O)Cn3nc(C)n4nc(-c5ccccc5)cc4c3=O)C[C@H]2C)c1. The highest BCUT2D eigenvalue weighted by Crippen LogP contribution is 2.22. The molecular weight excluding hydrogens is 428 g/mol. The number of rotatable bonds is 4. The second-order valence-electron chi connectivity index (χ2n) is 8.92. The molecule has 1 aliphatic rings. The van der Waals surface area contributed by atoms with Crippen molar-refractivity contribution in [2.24, 2.45) is 0 Å². The van der Waals surface area contributed by atoms with E-state index in [-0.39, 0.29) is 24.1 Å². The van der Waals surface area contributed by atoms with Gasteiger partial charge in [-0.1, -0.05) is 42.5 Å². The molecule has 2 aromatic carbocycles. The summed E-state index contributed by atoms with van der Waals surface area (Å²) in [7, 11) is 0. The first-order valence-electron chi connectivity index (χ1n) is 11.5.